The van der Waals surface area contributed by atoms with Gasteiger partial charge in [-0.05, 0) is 49.1 Å². The Morgan fingerprint density at radius 1 is 1.12 bits per heavy atom. The Morgan fingerprint density at radius 3 is 2.76 bits per heavy atom. The number of rotatable bonds is 1. The lowest BCUT2D eigenvalue weighted by Gasteiger charge is -2.39. The molecule has 2 aliphatic rings. The van der Waals surface area contributed by atoms with Crippen LogP contribution in [0, 0.1) is 17.8 Å². The zero-order chi connectivity index (χ0) is 17.4. The summed E-state index contributed by atoms with van der Waals surface area (Å²) in [5.74, 6) is 1.81. The van der Waals surface area contributed by atoms with E-state index in [0.29, 0.717) is 16.9 Å². The zero-order valence-electron chi connectivity index (χ0n) is 15.5. The molecule has 3 heterocycles. The highest BCUT2D eigenvalue weighted by Crippen LogP contribution is 2.54. The largest absolute Gasteiger partial charge is 0.450 e. The van der Waals surface area contributed by atoms with E-state index in [4.69, 9.17) is 14.4 Å². The van der Waals surface area contributed by atoms with Gasteiger partial charge in [-0.3, -0.25) is 0 Å². The van der Waals surface area contributed by atoms with Crippen molar-refractivity contribution in [3.8, 4) is 0 Å². The highest BCUT2D eigenvalue weighted by molar-refractivity contribution is 6.05. The molecule has 0 unspecified atom stereocenters. The second-order valence-electron chi connectivity index (χ2n) is 9.21. The van der Waals surface area contributed by atoms with Crippen molar-refractivity contribution in [1.82, 2.24) is 9.97 Å². The van der Waals surface area contributed by atoms with Gasteiger partial charge in [-0.15, -0.1) is 0 Å². The van der Waals surface area contributed by atoms with Crippen molar-refractivity contribution in [3.63, 3.8) is 0 Å². The first kappa shape index (κ1) is 15.2. The van der Waals surface area contributed by atoms with Crippen LogP contribution in [0.2, 0.25) is 0 Å². The van der Waals surface area contributed by atoms with Gasteiger partial charge < -0.3 is 9.32 Å². The van der Waals surface area contributed by atoms with Crippen LogP contribution in [0.1, 0.15) is 45.9 Å². The average Bonchev–Trinajstić information content (AvgIpc) is 3.00. The fourth-order valence-electron chi connectivity index (χ4n) is 5.59. The molecule has 0 spiro atoms. The molecule has 2 atom stereocenters. The fourth-order valence-corrected chi connectivity index (χ4v) is 5.59. The molecule has 130 valence electrons. The molecule has 1 saturated heterocycles. The molecule has 4 heteroatoms. The summed E-state index contributed by atoms with van der Waals surface area (Å²) in [6, 6.07) is 8.70. The number of hydrogen-bond acceptors (Lipinski definition) is 4. The summed E-state index contributed by atoms with van der Waals surface area (Å²) < 4.78 is 6.22. The lowest BCUT2D eigenvalue weighted by molar-refractivity contribution is 0.136. The topological polar surface area (TPSA) is 42.2 Å². The minimum atomic E-state index is 0.365. The van der Waals surface area contributed by atoms with Gasteiger partial charge >= 0.3 is 0 Å². The van der Waals surface area contributed by atoms with Gasteiger partial charge in [-0.25, -0.2) is 9.97 Å². The van der Waals surface area contributed by atoms with Crippen LogP contribution in [0.4, 0.5) is 5.82 Å². The third-order valence-electron chi connectivity index (χ3n) is 6.00. The predicted octanol–water partition coefficient (Wildman–Crippen LogP) is 5.09. The Kier molecular flexibility index (Phi) is 2.88. The van der Waals surface area contributed by atoms with E-state index in [9.17, 15) is 0 Å². The van der Waals surface area contributed by atoms with Crippen molar-refractivity contribution < 1.29 is 4.42 Å². The van der Waals surface area contributed by atoms with E-state index in [1.165, 1.54) is 19.3 Å². The van der Waals surface area contributed by atoms with Crippen LogP contribution in [0.15, 0.2) is 28.7 Å². The molecule has 1 aliphatic carbocycles. The van der Waals surface area contributed by atoms with Crippen LogP contribution in [0.5, 0.6) is 0 Å². The number of benzene rings is 1. The summed E-state index contributed by atoms with van der Waals surface area (Å²) in [7, 11) is 0. The smallest absolute Gasteiger partial charge is 0.196 e. The number of fused-ring (bicyclic) bond motifs is 5. The molecule has 5 rings (SSSR count). The van der Waals surface area contributed by atoms with Crippen LogP contribution in [-0.2, 0) is 0 Å². The first-order valence-corrected chi connectivity index (χ1v) is 9.26. The van der Waals surface area contributed by atoms with E-state index in [0.717, 1.165) is 40.3 Å². The summed E-state index contributed by atoms with van der Waals surface area (Å²) in [5, 5.41) is 1.08. The summed E-state index contributed by atoms with van der Waals surface area (Å²) in [6.07, 6.45) is 3.74. The number of furan rings is 1. The van der Waals surface area contributed by atoms with E-state index in [2.05, 4.69) is 31.7 Å². The normalized spacial score (nSPS) is 28.2. The molecule has 1 aliphatic heterocycles. The van der Waals surface area contributed by atoms with Crippen LogP contribution in [0.25, 0.3) is 22.1 Å². The summed E-state index contributed by atoms with van der Waals surface area (Å²) in [4.78, 5) is 12.0. The van der Waals surface area contributed by atoms with Crippen molar-refractivity contribution >= 4 is 27.9 Å². The monoisotopic (exact) mass is 335 g/mol. The predicted molar refractivity (Wildman–Crippen MR) is 101 cm³/mol. The maximum absolute atomic E-state index is 6.22. The maximum atomic E-state index is 6.22. The highest BCUT2D eigenvalue weighted by Gasteiger charge is 2.50. The first-order chi connectivity index (χ1) is 11.8. The summed E-state index contributed by atoms with van der Waals surface area (Å²) in [6.45, 7) is 10.3. The summed E-state index contributed by atoms with van der Waals surface area (Å²) >= 11 is 0. The first-order valence-electron chi connectivity index (χ1n) is 9.26. The lowest BCUT2D eigenvalue weighted by atomic mass is 9.65. The second-order valence-corrected chi connectivity index (χ2v) is 9.21. The number of hydrogen-bond donors (Lipinski definition) is 0. The van der Waals surface area contributed by atoms with Crippen molar-refractivity contribution in [2.24, 2.45) is 10.8 Å². The third kappa shape index (κ3) is 2.26. The molecule has 0 radical (unpaired) electrons. The van der Waals surface area contributed by atoms with Gasteiger partial charge in [-0.2, -0.15) is 0 Å². The number of aryl methyl sites for hydroxylation is 1. The molecule has 1 aromatic carbocycles. The number of para-hydroxylation sites is 1. The maximum Gasteiger partial charge on any atom is 0.196 e. The van der Waals surface area contributed by atoms with Crippen molar-refractivity contribution in [1.29, 1.82) is 0 Å². The van der Waals surface area contributed by atoms with Crippen LogP contribution < -0.4 is 4.90 Å². The Balaban J connectivity index is 1.71. The van der Waals surface area contributed by atoms with Gasteiger partial charge in [0, 0.05) is 18.0 Å². The molecule has 2 bridgehead atoms. The van der Waals surface area contributed by atoms with E-state index < -0.39 is 0 Å². The molecule has 4 nitrogen and oxygen atoms in total. The number of nitrogens with zero attached hydrogens (tertiary/aromatic N) is 3. The van der Waals surface area contributed by atoms with Crippen molar-refractivity contribution in [3.05, 3.63) is 30.1 Å². The van der Waals surface area contributed by atoms with E-state index in [-0.39, 0.29) is 0 Å². The zero-order valence-corrected chi connectivity index (χ0v) is 15.5. The van der Waals surface area contributed by atoms with Gasteiger partial charge in [0.1, 0.15) is 16.9 Å². The van der Waals surface area contributed by atoms with Gasteiger partial charge in [-0.1, -0.05) is 32.9 Å². The van der Waals surface area contributed by atoms with Crippen LogP contribution in [-0.4, -0.2) is 22.6 Å². The molecule has 0 amide bonds. The van der Waals surface area contributed by atoms with Gasteiger partial charge in [0.05, 0.1) is 0 Å². The molecule has 1 saturated carbocycles. The molecule has 0 N–H and O–H groups in total. The Morgan fingerprint density at radius 2 is 1.92 bits per heavy atom. The fraction of sp³-hybridized carbons (Fsp3) is 0.524. The minimum absolute atomic E-state index is 0.365. The summed E-state index contributed by atoms with van der Waals surface area (Å²) in [5.41, 5.74) is 3.45. The number of anilines is 1. The average molecular weight is 335 g/mol. The van der Waals surface area contributed by atoms with Crippen molar-refractivity contribution in [2.75, 3.05) is 11.4 Å². The molecule has 2 fully saturated rings. The Hall–Kier alpha value is -2.10. The molecule has 3 aromatic rings. The van der Waals surface area contributed by atoms with Crippen LogP contribution in [0.3, 0.4) is 0 Å². The minimum Gasteiger partial charge on any atom is -0.450 e. The standard InChI is InChI=1S/C21H25N3O/c1-13-22-17-15-7-5-6-8-16(15)25-18(17)19(23-13)24-12-21(4)10-14(24)9-20(2,3)11-21/h5-8,14H,9-12H2,1-4H3/t14-,21+/m1/s1. The molecular weight excluding hydrogens is 310 g/mol. The SMILES string of the molecule is Cc1nc(N2C[C@@]3(C)C[C@H]2CC(C)(C)C3)c2oc3ccccc3c2n1. The second kappa shape index (κ2) is 4.75. The lowest BCUT2D eigenvalue weighted by Crippen LogP contribution is -2.35. The van der Waals surface area contributed by atoms with Gasteiger partial charge in [0.25, 0.3) is 0 Å². The van der Waals surface area contributed by atoms with Crippen LogP contribution >= 0.6 is 0 Å². The van der Waals surface area contributed by atoms with E-state index in [1.807, 2.05) is 25.1 Å². The Bertz CT molecular complexity index is 989. The third-order valence-corrected chi connectivity index (χ3v) is 6.00. The molecule has 2 aromatic heterocycles. The quantitative estimate of drug-likeness (QED) is 0.621. The van der Waals surface area contributed by atoms with E-state index in [1.54, 1.807) is 0 Å². The van der Waals surface area contributed by atoms with E-state index >= 15 is 0 Å². The van der Waals surface area contributed by atoms with Gasteiger partial charge in [0.15, 0.2) is 11.4 Å². The number of aromatic nitrogens is 2. The highest BCUT2D eigenvalue weighted by atomic mass is 16.3. The Labute approximate surface area is 148 Å². The van der Waals surface area contributed by atoms with Gasteiger partial charge in [0.2, 0.25) is 0 Å². The molecular formula is C21H25N3O. The molecule has 25 heavy (non-hydrogen) atoms. The van der Waals surface area contributed by atoms with Crippen molar-refractivity contribution in [2.45, 2.75) is 53.0 Å².